The largest absolute Gasteiger partial charge is 0.469 e. The molecule has 4 aromatic rings. The van der Waals surface area contributed by atoms with Crippen LogP contribution in [0.15, 0.2) is 54.8 Å². The Morgan fingerprint density at radius 3 is 2.72 bits per heavy atom. The van der Waals surface area contributed by atoms with E-state index in [0.717, 1.165) is 40.5 Å². The highest BCUT2D eigenvalue weighted by Crippen LogP contribution is 2.29. The molecule has 0 saturated carbocycles. The molecule has 150 valence electrons. The summed E-state index contributed by atoms with van der Waals surface area (Å²) in [6, 6.07) is 7.51. The Morgan fingerprint density at radius 1 is 1.07 bits per heavy atom. The van der Waals surface area contributed by atoms with E-state index >= 15 is 0 Å². The molecule has 3 heterocycles. The van der Waals surface area contributed by atoms with Crippen LogP contribution < -0.4 is 10.9 Å². The topological polar surface area (TPSA) is 85.6 Å². The van der Waals surface area contributed by atoms with Crippen molar-refractivity contribution < 1.29 is 18.0 Å². The van der Waals surface area contributed by atoms with E-state index in [4.69, 9.17) is 13.3 Å². The van der Waals surface area contributed by atoms with Gasteiger partial charge in [0.2, 0.25) is 5.91 Å². The average Bonchev–Trinajstić information content (AvgIpc) is 3.34. The highest BCUT2D eigenvalue weighted by molar-refractivity contribution is 5.96. The third-order valence-corrected chi connectivity index (χ3v) is 5.28. The van der Waals surface area contributed by atoms with Gasteiger partial charge in [0.05, 0.1) is 12.5 Å². The first-order chi connectivity index (χ1) is 14.0. The van der Waals surface area contributed by atoms with Crippen molar-refractivity contribution in [2.45, 2.75) is 39.5 Å². The molecule has 0 bridgehead atoms. The van der Waals surface area contributed by atoms with Crippen LogP contribution in [0.1, 0.15) is 35.3 Å². The maximum atomic E-state index is 12.5. The van der Waals surface area contributed by atoms with E-state index in [9.17, 15) is 9.59 Å². The maximum Gasteiger partial charge on any atom is 0.339 e. The standard InChI is InChI=1S/C23H23NO5/c1-14-13-28-20-12-21-19(11-18(14)20)15(2)17(23(26)29-21)7-8-22(25)24-9-3-5-16-6-4-10-27-16/h4,6,10-13H,3,5,7-9H2,1-2H3,(H,24,25). The minimum absolute atomic E-state index is 0.0792. The molecule has 0 atom stereocenters. The predicted octanol–water partition coefficient (Wildman–Crippen LogP) is 4.43. The number of benzene rings is 1. The van der Waals surface area contributed by atoms with Crippen molar-refractivity contribution in [2.75, 3.05) is 6.54 Å². The number of carbonyl (C=O) groups excluding carboxylic acids is 1. The number of furan rings is 2. The molecule has 0 saturated heterocycles. The van der Waals surface area contributed by atoms with Crippen LogP contribution in [-0.2, 0) is 17.6 Å². The lowest BCUT2D eigenvalue weighted by Gasteiger charge is -2.08. The molecule has 6 nitrogen and oxygen atoms in total. The number of aryl methyl sites for hydroxylation is 3. The molecule has 0 radical (unpaired) electrons. The van der Waals surface area contributed by atoms with Crippen LogP contribution in [0.4, 0.5) is 0 Å². The molecule has 6 heteroatoms. The lowest BCUT2D eigenvalue weighted by atomic mass is 10.0. The van der Waals surface area contributed by atoms with Gasteiger partial charge in [0.15, 0.2) is 0 Å². The number of hydrogen-bond acceptors (Lipinski definition) is 5. The Labute approximate surface area is 167 Å². The zero-order valence-corrected chi connectivity index (χ0v) is 16.5. The molecule has 0 spiro atoms. The third kappa shape index (κ3) is 3.97. The highest BCUT2D eigenvalue weighted by atomic mass is 16.4. The van der Waals surface area contributed by atoms with Crippen molar-refractivity contribution >= 4 is 27.8 Å². The molecule has 3 aromatic heterocycles. The Morgan fingerprint density at radius 2 is 1.93 bits per heavy atom. The van der Waals surface area contributed by atoms with E-state index in [1.54, 1.807) is 18.6 Å². The Kier molecular flexibility index (Phi) is 5.25. The smallest absolute Gasteiger partial charge is 0.339 e. The minimum atomic E-state index is -0.400. The molecule has 1 N–H and O–H groups in total. The molecule has 0 fully saturated rings. The summed E-state index contributed by atoms with van der Waals surface area (Å²) in [6.45, 7) is 4.45. The Hall–Kier alpha value is -3.28. The van der Waals surface area contributed by atoms with Crippen molar-refractivity contribution in [3.63, 3.8) is 0 Å². The molecule has 0 aliphatic heterocycles. The summed E-state index contributed by atoms with van der Waals surface area (Å²) in [6.07, 6.45) is 5.50. The lowest BCUT2D eigenvalue weighted by Crippen LogP contribution is -2.25. The van der Waals surface area contributed by atoms with Gasteiger partial charge in [-0.1, -0.05) is 0 Å². The van der Waals surface area contributed by atoms with Crippen LogP contribution in [0.5, 0.6) is 0 Å². The second-order valence-electron chi connectivity index (χ2n) is 7.29. The van der Waals surface area contributed by atoms with Crippen molar-refractivity contribution in [3.8, 4) is 0 Å². The Bertz CT molecular complexity index is 1210. The van der Waals surface area contributed by atoms with Crippen molar-refractivity contribution in [1.29, 1.82) is 0 Å². The molecular formula is C23H23NO5. The maximum absolute atomic E-state index is 12.5. The summed E-state index contributed by atoms with van der Waals surface area (Å²) in [5.74, 6) is 0.829. The second kappa shape index (κ2) is 7.99. The molecule has 0 aliphatic rings. The van der Waals surface area contributed by atoms with Crippen LogP contribution >= 0.6 is 0 Å². The quantitative estimate of drug-likeness (QED) is 0.371. The molecule has 4 rings (SSSR count). The Balaban J connectivity index is 1.43. The zero-order valence-electron chi connectivity index (χ0n) is 16.5. The van der Waals surface area contributed by atoms with Gasteiger partial charge in [0.25, 0.3) is 0 Å². The van der Waals surface area contributed by atoms with Gasteiger partial charge in [0.1, 0.15) is 16.9 Å². The van der Waals surface area contributed by atoms with E-state index in [1.165, 1.54) is 0 Å². The number of amides is 1. The average molecular weight is 393 g/mol. The fourth-order valence-corrected chi connectivity index (χ4v) is 3.60. The molecule has 29 heavy (non-hydrogen) atoms. The first-order valence-electron chi connectivity index (χ1n) is 9.76. The van der Waals surface area contributed by atoms with Crippen LogP contribution in [0, 0.1) is 13.8 Å². The first kappa shape index (κ1) is 19.1. The highest BCUT2D eigenvalue weighted by Gasteiger charge is 2.15. The summed E-state index contributed by atoms with van der Waals surface area (Å²) in [5, 5.41) is 4.76. The van der Waals surface area contributed by atoms with Gasteiger partial charge in [-0.15, -0.1) is 0 Å². The van der Waals surface area contributed by atoms with Crippen molar-refractivity contribution in [2.24, 2.45) is 0 Å². The van der Waals surface area contributed by atoms with Gasteiger partial charge >= 0.3 is 5.63 Å². The normalized spacial score (nSPS) is 11.4. The van der Waals surface area contributed by atoms with E-state index in [-0.39, 0.29) is 12.3 Å². The van der Waals surface area contributed by atoms with E-state index in [1.807, 2.05) is 32.0 Å². The molecule has 1 amide bonds. The summed E-state index contributed by atoms with van der Waals surface area (Å²) < 4.78 is 16.3. The number of hydrogen-bond donors (Lipinski definition) is 1. The summed E-state index contributed by atoms with van der Waals surface area (Å²) in [7, 11) is 0. The first-order valence-corrected chi connectivity index (χ1v) is 9.76. The van der Waals surface area contributed by atoms with Crippen LogP contribution in [0.2, 0.25) is 0 Å². The van der Waals surface area contributed by atoms with Gasteiger partial charge in [-0.25, -0.2) is 4.79 Å². The van der Waals surface area contributed by atoms with Crippen LogP contribution in [-0.4, -0.2) is 12.5 Å². The van der Waals surface area contributed by atoms with Gasteiger partial charge in [-0.2, -0.15) is 0 Å². The molecular weight excluding hydrogens is 370 g/mol. The van der Waals surface area contributed by atoms with E-state index in [0.29, 0.717) is 29.7 Å². The predicted molar refractivity (Wildman–Crippen MR) is 110 cm³/mol. The number of carbonyl (C=O) groups is 1. The fraction of sp³-hybridized carbons (Fsp3) is 0.304. The molecule has 0 unspecified atom stereocenters. The minimum Gasteiger partial charge on any atom is -0.469 e. The fourth-order valence-electron chi connectivity index (χ4n) is 3.60. The summed E-state index contributed by atoms with van der Waals surface area (Å²) in [4.78, 5) is 24.6. The van der Waals surface area contributed by atoms with Gasteiger partial charge < -0.3 is 18.6 Å². The van der Waals surface area contributed by atoms with E-state index < -0.39 is 5.63 Å². The van der Waals surface area contributed by atoms with Crippen LogP contribution in [0.25, 0.3) is 21.9 Å². The number of rotatable bonds is 7. The van der Waals surface area contributed by atoms with Crippen LogP contribution in [0.3, 0.4) is 0 Å². The zero-order chi connectivity index (χ0) is 20.4. The van der Waals surface area contributed by atoms with Gasteiger partial charge in [0, 0.05) is 41.8 Å². The monoisotopic (exact) mass is 393 g/mol. The van der Waals surface area contributed by atoms with Gasteiger partial charge in [-0.3, -0.25) is 4.79 Å². The molecule has 0 aliphatic carbocycles. The molecule has 1 aromatic carbocycles. The summed E-state index contributed by atoms with van der Waals surface area (Å²) in [5.41, 5.74) is 3.22. The summed E-state index contributed by atoms with van der Waals surface area (Å²) >= 11 is 0. The van der Waals surface area contributed by atoms with Crippen molar-refractivity contribution in [1.82, 2.24) is 5.32 Å². The number of nitrogens with one attached hydrogen (secondary N) is 1. The lowest BCUT2D eigenvalue weighted by molar-refractivity contribution is -0.121. The van der Waals surface area contributed by atoms with E-state index in [2.05, 4.69) is 5.32 Å². The SMILES string of the molecule is Cc1coc2cc3oc(=O)c(CCC(=O)NCCCc4ccco4)c(C)c3cc12. The second-order valence-corrected chi connectivity index (χ2v) is 7.29. The van der Waals surface area contributed by atoms with Crippen molar-refractivity contribution in [3.05, 3.63) is 69.7 Å². The van der Waals surface area contributed by atoms with Gasteiger partial charge in [-0.05, 0) is 56.0 Å². The number of fused-ring (bicyclic) bond motifs is 2. The third-order valence-electron chi connectivity index (χ3n) is 5.28.